The van der Waals surface area contributed by atoms with Gasteiger partial charge in [-0.25, -0.2) is 4.98 Å². The van der Waals surface area contributed by atoms with Gasteiger partial charge in [-0.05, 0) is 61.5 Å². The van der Waals surface area contributed by atoms with Crippen LogP contribution in [0.3, 0.4) is 0 Å². The van der Waals surface area contributed by atoms with Gasteiger partial charge in [-0.1, -0.05) is 26.0 Å². The number of fused-ring (bicyclic) bond motifs is 1. The summed E-state index contributed by atoms with van der Waals surface area (Å²) in [5.74, 6) is 1.00. The molecule has 2 amide bonds. The molecule has 164 valence electrons. The number of nitrogens with two attached hydrogens (primary N) is 1. The maximum Gasteiger partial charge on any atom is 0.255 e. The largest absolute Gasteiger partial charge is 0.457 e. The fourth-order valence-corrected chi connectivity index (χ4v) is 3.15. The van der Waals surface area contributed by atoms with E-state index in [0.717, 1.165) is 16.9 Å². The number of para-hydroxylation sites is 1. The number of nitrogens with one attached hydrogen (secondary N) is 1. The van der Waals surface area contributed by atoms with Gasteiger partial charge in [0.1, 0.15) is 17.3 Å². The molecule has 32 heavy (non-hydrogen) atoms. The van der Waals surface area contributed by atoms with Crippen LogP contribution in [0.2, 0.25) is 0 Å². The van der Waals surface area contributed by atoms with Crippen molar-refractivity contribution >= 4 is 28.5 Å². The summed E-state index contributed by atoms with van der Waals surface area (Å²) in [6, 6.07) is 19.0. The maximum absolute atomic E-state index is 12.6. The number of carbonyl (C=O) groups is 2. The van der Waals surface area contributed by atoms with Crippen molar-refractivity contribution in [3.05, 3.63) is 83.7 Å². The number of anilines is 1. The third-order valence-corrected chi connectivity index (χ3v) is 4.86. The van der Waals surface area contributed by atoms with E-state index in [2.05, 4.69) is 10.3 Å². The molecule has 0 radical (unpaired) electrons. The normalized spacial score (nSPS) is 10.2. The second kappa shape index (κ2) is 9.78. The van der Waals surface area contributed by atoms with Crippen molar-refractivity contribution in [1.82, 2.24) is 9.55 Å². The summed E-state index contributed by atoms with van der Waals surface area (Å²) in [5, 5.41) is 2.87. The Balaban J connectivity index is 0.00000141. The van der Waals surface area contributed by atoms with Crippen LogP contribution in [0.15, 0.2) is 66.7 Å². The van der Waals surface area contributed by atoms with Gasteiger partial charge < -0.3 is 20.4 Å². The summed E-state index contributed by atoms with van der Waals surface area (Å²) in [4.78, 5) is 28.6. The van der Waals surface area contributed by atoms with Gasteiger partial charge >= 0.3 is 0 Å². The molecule has 0 aliphatic heterocycles. The van der Waals surface area contributed by atoms with Crippen LogP contribution in [0, 0.1) is 6.92 Å². The number of nitrogens with zero attached hydrogens (tertiary/aromatic N) is 2. The molecule has 7 heteroatoms. The molecule has 0 atom stereocenters. The van der Waals surface area contributed by atoms with Gasteiger partial charge in [0, 0.05) is 18.3 Å². The summed E-state index contributed by atoms with van der Waals surface area (Å²) in [6.07, 6.45) is 0. The Labute approximate surface area is 186 Å². The Morgan fingerprint density at radius 3 is 2.38 bits per heavy atom. The highest BCUT2D eigenvalue weighted by molar-refractivity contribution is 6.06. The summed E-state index contributed by atoms with van der Waals surface area (Å²) in [5.41, 5.74) is 8.59. The first-order valence-corrected chi connectivity index (χ1v) is 10.3. The summed E-state index contributed by atoms with van der Waals surface area (Å²) < 4.78 is 7.70. The van der Waals surface area contributed by atoms with Gasteiger partial charge in [0.25, 0.3) is 11.8 Å². The number of rotatable bonds is 5. The first-order chi connectivity index (χ1) is 15.4. The fraction of sp³-hybridized carbons (Fsp3) is 0.160. The summed E-state index contributed by atoms with van der Waals surface area (Å²) in [6.45, 7) is 5.92. The molecule has 4 rings (SSSR count). The molecular weight excluding hydrogens is 404 g/mol. The van der Waals surface area contributed by atoms with E-state index in [0.29, 0.717) is 28.3 Å². The van der Waals surface area contributed by atoms with E-state index < -0.39 is 5.91 Å². The van der Waals surface area contributed by atoms with Crippen LogP contribution in [-0.4, -0.2) is 21.4 Å². The standard InChI is InChI=1S/C23H20N4O3.C2H6/c1-14-25-19-12-7-15(13-20(19)27(14)2)23(29)26-16-8-10-17(11-9-16)30-21-6-4-3-5-18(21)22(24)28;1-2/h3-13H,1-2H3,(H2,24,28)(H,26,29);1-2H3. The minimum absolute atomic E-state index is 0.219. The molecular formula is C25H26N4O3. The van der Waals surface area contributed by atoms with Gasteiger partial charge in [-0.15, -0.1) is 0 Å². The van der Waals surface area contributed by atoms with Crippen molar-refractivity contribution in [3.63, 3.8) is 0 Å². The van der Waals surface area contributed by atoms with Gasteiger partial charge in [-0.3, -0.25) is 9.59 Å². The second-order valence-electron chi connectivity index (χ2n) is 6.86. The minimum Gasteiger partial charge on any atom is -0.457 e. The fourth-order valence-electron chi connectivity index (χ4n) is 3.15. The predicted molar refractivity (Wildman–Crippen MR) is 126 cm³/mol. The highest BCUT2D eigenvalue weighted by Gasteiger charge is 2.12. The van der Waals surface area contributed by atoms with Crippen molar-refractivity contribution in [2.24, 2.45) is 12.8 Å². The Bertz CT molecular complexity index is 1260. The highest BCUT2D eigenvalue weighted by Crippen LogP contribution is 2.26. The number of aryl methyl sites for hydroxylation is 2. The lowest BCUT2D eigenvalue weighted by Gasteiger charge is -2.10. The zero-order chi connectivity index (χ0) is 23.3. The molecule has 0 saturated heterocycles. The molecule has 0 unspecified atom stereocenters. The van der Waals surface area contributed by atoms with Crippen molar-refractivity contribution in [1.29, 1.82) is 0 Å². The van der Waals surface area contributed by atoms with Gasteiger partial charge in [0.05, 0.1) is 16.6 Å². The number of imidazole rings is 1. The smallest absolute Gasteiger partial charge is 0.255 e. The van der Waals surface area contributed by atoms with Gasteiger partial charge in [-0.2, -0.15) is 0 Å². The van der Waals surface area contributed by atoms with Crippen LogP contribution in [0.1, 0.15) is 40.4 Å². The van der Waals surface area contributed by atoms with Crippen LogP contribution >= 0.6 is 0 Å². The maximum atomic E-state index is 12.6. The monoisotopic (exact) mass is 430 g/mol. The molecule has 3 N–H and O–H groups in total. The molecule has 3 aromatic carbocycles. The van der Waals surface area contributed by atoms with E-state index in [1.807, 2.05) is 44.5 Å². The number of hydrogen-bond donors (Lipinski definition) is 2. The van der Waals surface area contributed by atoms with E-state index >= 15 is 0 Å². The average Bonchev–Trinajstić information content (AvgIpc) is 3.09. The Hall–Kier alpha value is -4.13. The van der Waals surface area contributed by atoms with Gasteiger partial charge in [0.2, 0.25) is 0 Å². The van der Waals surface area contributed by atoms with E-state index in [1.165, 1.54) is 0 Å². The highest BCUT2D eigenvalue weighted by atomic mass is 16.5. The van der Waals surface area contributed by atoms with Crippen LogP contribution in [0.5, 0.6) is 11.5 Å². The molecule has 0 spiro atoms. The Morgan fingerprint density at radius 1 is 1.00 bits per heavy atom. The first-order valence-electron chi connectivity index (χ1n) is 10.3. The number of amides is 2. The molecule has 0 aliphatic rings. The van der Waals surface area contributed by atoms with Crippen LogP contribution in [0.25, 0.3) is 11.0 Å². The molecule has 0 fully saturated rings. The van der Waals surface area contributed by atoms with Crippen molar-refractivity contribution in [3.8, 4) is 11.5 Å². The molecule has 4 aromatic rings. The van der Waals surface area contributed by atoms with Crippen LogP contribution in [-0.2, 0) is 7.05 Å². The first kappa shape index (κ1) is 22.6. The van der Waals surface area contributed by atoms with Crippen molar-refractivity contribution in [2.75, 3.05) is 5.32 Å². The lowest BCUT2D eigenvalue weighted by molar-refractivity contribution is 0.0995. The van der Waals surface area contributed by atoms with E-state index in [4.69, 9.17) is 10.5 Å². The third-order valence-electron chi connectivity index (χ3n) is 4.86. The van der Waals surface area contributed by atoms with E-state index in [1.54, 1.807) is 54.6 Å². The SMILES string of the molecule is CC.Cc1nc2ccc(C(=O)Nc3ccc(Oc4ccccc4C(N)=O)cc3)cc2n1C. The summed E-state index contributed by atoms with van der Waals surface area (Å²) in [7, 11) is 1.92. The Morgan fingerprint density at radius 2 is 1.69 bits per heavy atom. The van der Waals surface area contributed by atoms with Gasteiger partial charge in [0.15, 0.2) is 0 Å². The van der Waals surface area contributed by atoms with Crippen LogP contribution in [0.4, 0.5) is 5.69 Å². The zero-order valence-corrected chi connectivity index (χ0v) is 18.5. The number of hydrogen-bond acceptors (Lipinski definition) is 4. The van der Waals surface area contributed by atoms with Crippen LogP contribution < -0.4 is 15.8 Å². The summed E-state index contributed by atoms with van der Waals surface area (Å²) >= 11 is 0. The molecule has 1 aromatic heterocycles. The number of aromatic nitrogens is 2. The molecule has 0 bridgehead atoms. The third kappa shape index (κ3) is 4.78. The lowest BCUT2D eigenvalue weighted by atomic mass is 10.1. The predicted octanol–water partition coefficient (Wildman–Crippen LogP) is 5.05. The Kier molecular flexibility index (Phi) is 6.90. The topological polar surface area (TPSA) is 99.2 Å². The van der Waals surface area contributed by atoms with Crippen molar-refractivity contribution < 1.29 is 14.3 Å². The van der Waals surface area contributed by atoms with Crippen molar-refractivity contribution in [2.45, 2.75) is 20.8 Å². The van der Waals surface area contributed by atoms with E-state index in [9.17, 15) is 9.59 Å². The minimum atomic E-state index is -0.560. The molecule has 7 nitrogen and oxygen atoms in total. The number of carbonyl (C=O) groups excluding carboxylic acids is 2. The number of benzene rings is 3. The number of primary amides is 1. The van der Waals surface area contributed by atoms with E-state index in [-0.39, 0.29) is 5.91 Å². The lowest BCUT2D eigenvalue weighted by Crippen LogP contribution is -2.12. The number of ether oxygens (including phenoxy) is 1. The second-order valence-corrected chi connectivity index (χ2v) is 6.86. The zero-order valence-electron chi connectivity index (χ0n) is 18.5. The molecule has 1 heterocycles. The average molecular weight is 431 g/mol. The molecule has 0 saturated carbocycles. The molecule has 0 aliphatic carbocycles. The quantitative estimate of drug-likeness (QED) is 0.463.